The first kappa shape index (κ1) is 18.3. The average Bonchev–Trinajstić information content (AvgIpc) is 3.18. The molecule has 0 unspecified atom stereocenters. The van der Waals surface area contributed by atoms with Gasteiger partial charge in [-0.15, -0.1) is 0 Å². The largest absolute Gasteiger partial charge is 0.497 e. The average molecular weight is 425 g/mol. The molecule has 5 rings (SSSR count). The molecule has 4 nitrogen and oxygen atoms in total. The molecule has 2 heterocycles. The second-order valence-electron chi connectivity index (χ2n) is 7.05. The second kappa shape index (κ2) is 7.29. The summed E-state index contributed by atoms with van der Waals surface area (Å²) in [5, 5.41) is 8.18. The van der Waals surface area contributed by atoms with Crippen molar-refractivity contribution in [2.75, 3.05) is 7.11 Å². The highest BCUT2D eigenvalue weighted by atomic mass is 35.5. The van der Waals surface area contributed by atoms with Crippen molar-refractivity contribution in [3.05, 3.63) is 93.5 Å². The lowest BCUT2D eigenvalue weighted by molar-refractivity contribution is -0.0190. The third-order valence-corrected chi connectivity index (χ3v) is 5.89. The van der Waals surface area contributed by atoms with Crippen molar-refractivity contribution in [2.24, 2.45) is 5.10 Å². The van der Waals surface area contributed by atoms with Crippen LogP contribution in [0.15, 0.2) is 71.8 Å². The summed E-state index contributed by atoms with van der Waals surface area (Å²) in [5.74, 6) is 1.69. The molecule has 0 aromatic heterocycles. The number of ether oxygens (including phenoxy) is 2. The number of halogens is 2. The number of rotatable bonds is 3. The van der Waals surface area contributed by atoms with Gasteiger partial charge in [-0.05, 0) is 42.5 Å². The summed E-state index contributed by atoms with van der Waals surface area (Å²) in [5.41, 5.74) is 3.96. The van der Waals surface area contributed by atoms with E-state index in [9.17, 15) is 0 Å². The van der Waals surface area contributed by atoms with Gasteiger partial charge in [-0.3, -0.25) is 0 Å². The van der Waals surface area contributed by atoms with Crippen LogP contribution in [0.1, 0.15) is 35.4 Å². The van der Waals surface area contributed by atoms with Gasteiger partial charge in [0, 0.05) is 28.1 Å². The minimum atomic E-state index is -0.329. The van der Waals surface area contributed by atoms with Crippen molar-refractivity contribution in [1.82, 2.24) is 5.01 Å². The Morgan fingerprint density at radius 1 is 1.03 bits per heavy atom. The SMILES string of the molecule is COc1ccc([C@H]2Oc3ccccc3[C@H]3CC(c4ccc(Cl)cc4Cl)=NN32)cc1. The van der Waals surface area contributed by atoms with E-state index in [0.717, 1.165) is 40.3 Å². The van der Waals surface area contributed by atoms with Gasteiger partial charge >= 0.3 is 0 Å². The van der Waals surface area contributed by atoms with Crippen LogP contribution >= 0.6 is 23.2 Å². The zero-order valence-electron chi connectivity index (χ0n) is 15.7. The monoisotopic (exact) mass is 424 g/mol. The molecule has 2 aliphatic rings. The maximum atomic E-state index is 6.47. The minimum Gasteiger partial charge on any atom is -0.497 e. The van der Waals surface area contributed by atoms with Crippen LogP contribution in [0, 0.1) is 0 Å². The molecular weight excluding hydrogens is 407 g/mol. The highest BCUT2D eigenvalue weighted by Gasteiger charge is 2.41. The van der Waals surface area contributed by atoms with E-state index in [-0.39, 0.29) is 12.3 Å². The summed E-state index contributed by atoms with van der Waals surface area (Å²) < 4.78 is 11.7. The van der Waals surface area contributed by atoms with Gasteiger partial charge in [0.2, 0.25) is 6.23 Å². The van der Waals surface area contributed by atoms with Crippen molar-refractivity contribution in [2.45, 2.75) is 18.7 Å². The van der Waals surface area contributed by atoms with E-state index >= 15 is 0 Å². The zero-order chi connectivity index (χ0) is 20.0. The molecule has 0 bridgehead atoms. The summed E-state index contributed by atoms with van der Waals surface area (Å²) >= 11 is 12.5. The highest BCUT2D eigenvalue weighted by molar-refractivity contribution is 6.37. The quantitative estimate of drug-likeness (QED) is 0.498. The zero-order valence-corrected chi connectivity index (χ0v) is 17.2. The van der Waals surface area contributed by atoms with Crippen molar-refractivity contribution < 1.29 is 9.47 Å². The molecule has 0 saturated carbocycles. The first-order valence-corrected chi connectivity index (χ1v) is 10.1. The molecule has 3 aromatic rings. The molecule has 0 fully saturated rings. The van der Waals surface area contributed by atoms with Crippen LogP contribution in [0.5, 0.6) is 11.5 Å². The van der Waals surface area contributed by atoms with Crippen LogP contribution in [0.2, 0.25) is 10.0 Å². The van der Waals surface area contributed by atoms with Gasteiger partial charge < -0.3 is 9.47 Å². The first-order chi connectivity index (χ1) is 14.1. The molecule has 2 atom stereocenters. The third-order valence-electron chi connectivity index (χ3n) is 5.34. The molecule has 0 N–H and O–H groups in total. The Bertz CT molecular complexity index is 1100. The molecule has 0 spiro atoms. The Morgan fingerprint density at radius 3 is 2.59 bits per heavy atom. The van der Waals surface area contributed by atoms with Gasteiger partial charge in [0.05, 0.1) is 23.9 Å². The van der Waals surface area contributed by atoms with E-state index in [1.165, 1.54) is 0 Å². The Morgan fingerprint density at radius 2 is 1.83 bits per heavy atom. The fourth-order valence-corrected chi connectivity index (χ4v) is 4.43. The maximum absolute atomic E-state index is 6.47. The third kappa shape index (κ3) is 3.22. The van der Waals surface area contributed by atoms with Crippen LogP contribution in [0.3, 0.4) is 0 Å². The van der Waals surface area contributed by atoms with Crippen molar-refractivity contribution >= 4 is 28.9 Å². The van der Waals surface area contributed by atoms with E-state index in [1.807, 2.05) is 59.6 Å². The fraction of sp³-hybridized carbons (Fsp3) is 0.174. The minimum absolute atomic E-state index is 0.0776. The number of hydrogen-bond donors (Lipinski definition) is 0. The smallest absolute Gasteiger partial charge is 0.213 e. The summed E-state index contributed by atoms with van der Waals surface area (Å²) in [6.07, 6.45) is 0.415. The Labute approximate surface area is 179 Å². The molecule has 2 aliphatic heterocycles. The molecule has 0 aliphatic carbocycles. The number of nitrogens with zero attached hydrogens (tertiary/aromatic N) is 2. The van der Waals surface area contributed by atoms with Crippen LogP contribution in [0.25, 0.3) is 0 Å². The molecule has 0 radical (unpaired) electrons. The fourth-order valence-electron chi connectivity index (χ4n) is 3.91. The number of benzene rings is 3. The van der Waals surface area contributed by atoms with Crippen molar-refractivity contribution in [3.8, 4) is 11.5 Å². The predicted molar refractivity (Wildman–Crippen MR) is 115 cm³/mol. The summed E-state index contributed by atoms with van der Waals surface area (Å²) in [4.78, 5) is 0. The van der Waals surface area contributed by atoms with Gasteiger partial charge in [0.1, 0.15) is 11.5 Å². The van der Waals surface area contributed by atoms with Gasteiger partial charge in [-0.1, -0.05) is 47.5 Å². The van der Waals surface area contributed by atoms with Gasteiger partial charge in [-0.25, -0.2) is 5.01 Å². The Hall–Kier alpha value is -2.69. The van der Waals surface area contributed by atoms with Gasteiger partial charge in [0.15, 0.2) is 0 Å². The number of para-hydroxylation sites is 1. The first-order valence-electron chi connectivity index (χ1n) is 9.35. The molecule has 0 saturated heterocycles. The van der Waals surface area contributed by atoms with Crippen molar-refractivity contribution in [1.29, 1.82) is 0 Å². The lowest BCUT2D eigenvalue weighted by Gasteiger charge is -2.38. The van der Waals surface area contributed by atoms with Crippen molar-refractivity contribution in [3.63, 3.8) is 0 Å². The van der Waals surface area contributed by atoms with E-state index in [1.54, 1.807) is 13.2 Å². The van der Waals surface area contributed by atoms with Crippen LogP contribution in [-0.4, -0.2) is 17.8 Å². The lowest BCUT2D eigenvalue weighted by atomic mass is 9.96. The number of fused-ring (bicyclic) bond motifs is 3. The van der Waals surface area contributed by atoms with E-state index in [2.05, 4.69) is 6.07 Å². The number of hydrogen-bond acceptors (Lipinski definition) is 4. The Kier molecular flexibility index (Phi) is 4.61. The van der Waals surface area contributed by atoms with Crippen LogP contribution in [0.4, 0.5) is 0 Å². The molecular formula is C23H18Cl2N2O2. The predicted octanol–water partition coefficient (Wildman–Crippen LogP) is 6.24. The molecule has 6 heteroatoms. The standard InChI is InChI=1S/C23H18Cl2N2O2/c1-28-16-9-6-14(7-10-16)23-27-21(18-4-2-3-5-22(18)29-23)13-20(26-27)17-11-8-15(24)12-19(17)25/h2-12,21,23H,13H2,1H3/t21-,23-/m1/s1. The van der Waals surface area contributed by atoms with Gasteiger partial charge in [0.25, 0.3) is 0 Å². The molecule has 29 heavy (non-hydrogen) atoms. The van der Waals surface area contributed by atoms with Crippen LogP contribution in [-0.2, 0) is 0 Å². The Balaban J connectivity index is 1.58. The molecule has 0 amide bonds. The highest BCUT2D eigenvalue weighted by Crippen LogP contribution is 2.47. The second-order valence-corrected chi connectivity index (χ2v) is 7.90. The van der Waals surface area contributed by atoms with Crippen LogP contribution < -0.4 is 9.47 Å². The maximum Gasteiger partial charge on any atom is 0.213 e. The topological polar surface area (TPSA) is 34.1 Å². The lowest BCUT2D eigenvalue weighted by Crippen LogP contribution is -2.33. The number of methoxy groups -OCH3 is 1. The summed E-state index contributed by atoms with van der Waals surface area (Å²) in [7, 11) is 1.66. The molecule has 146 valence electrons. The van der Waals surface area contributed by atoms with E-state index < -0.39 is 0 Å². The van der Waals surface area contributed by atoms with Gasteiger partial charge in [-0.2, -0.15) is 5.10 Å². The summed E-state index contributed by atoms with van der Waals surface area (Å²) in [6.45, 7) is 0. The normalized spacial score (nSPS) is 19.8. The molecule has 3 aromatic carbocycles. The van der Waals surface area contributed by atoms with E-state index in [4.69, 9.17) is 37.8 Å². The van der Waals surface area contributed by atoms with E-state index in [0.29, 0.717) is 10.0 Å². The number of hydrazone groups is 1. The summed E-state index contributed by atoms with van der Waals surface area (Å²) in [6, 6.07) is 21.6.